The molecular formula is C18H25N5OS. The van der Waals surface area contributed by atoms with Crippen LogP contribution in [0.5, 0.6) is 0 Å². The fraction of sp³-hybridized carbons (Fsp3) is 0.611. The summed E-state index contributed by atoms with van der Waals surface area (Å²) in [6, 6.07) is 4.70. The van der Waals surface area contributed by atoms with Crippen LogP contribution in [0.4, 0.5) is 5.82 Å². The van der Waals surface area contributed by atoms with Crippen LogP contribution in [0.25, 0.3) is 11.4 Å². The number of pyridine rings is 1. The molecule has 6 nitrogen and oxygen atoms in total. The van der Waals surface area contributed by atoms with Crippen molar-refractivity contribution in [1.82, 2.24) is 20.0 Å². The van der Waals surface area contributed by atoms with Gasteiger partial charge in [-0.1, -0.05) is 11.6 Å². The molecule has 0 saturated carbocycles. The van der Waals surface area contributed by atoms with E-state index < -0.39 is 0 Å². The van der Waals surface area contributed by atoms with Crippen molar-refractivity contribution >= 4 is 17.6 Å². The zero-order chi connectivity index (χ0) is 17.1. The van der Waals surface area contributed by atoms with Crippen molar-refractivity contribution in [3.8, 4) is 11.4 Å². The first-order valence-corrected chi connectivity index (χ1v) is 10.3. The summed E-state index contributed by atoms with van der Waals surface area (Å²) in [6.45, 7) is 6.27. The molecule has 134 valence electrons. The van der Waals surface area contributed by atoms with E-state index in [0.717, 1.165) is 37.6 Å². The van der Waals surface area contributed by atoms with E-state index in [1.807, 2.05) is 24.0 Å². The zero-order valence-corrected chi connectivity index (χ0v) is 15.5. The molecule has 0 unspecified atom stereocenters. The van der Waals surface area contributed by atoms with Gasteiger partial charge < -0.3 is 9.42 Å². The lowest BCUT2D eigenvalue weighted by Crippen LogP contribution is -2.36. The first-order valence-electron chi connectivity index (χ1n) is 9.15. The van der Waals surface area contributed by atoms with Crippen molar-refractivity contribution in [2.24, 2.45) is 0 Å². The second-order valence-electron chi connectivity index (χ2n) is 6.83. The molecule has 2 aromatic rings. The molecule has 2 aliphatic rings. The van der Waals surface area contributed by atoms with Crippen LogP contribution in [-0.2, 0) is 6.54 Å². The van der Waals surface area contributed by atoms with Crippen molar-refractivity contribution in [3.63, 3.8) is 0 Å². The van der Waals surface area contributed by atoms with E-state index >= 15 is 0 Å². The molecule has 0 spiro atoms. The Morgan fingerprint density at radius 3 is 2.84 bits per heavy atom. The Balaban J connectivity index is 1.42. The SMILES string of the molecule is C[C@@H]1CCCCN1Cc1nc(-c2ccc(N3CCSCC3)nc2)no1. The summed E-state index contributed by atoms with van der Waals surface area (Å²) in [5, 5.41) is 4.15. The Kier molecular flexibility index (Phi) is 5.22. The van der Waals surface area contributed by atoms with Crippen LogP contribution in [0.2, 0.25) is 0 Å². The minimum Gasteiger partial charge on any atom is -0.355 e. The van der Waals surface area contributed by atoms with E-state index in [1.165, 1.54) is 30.8 Å². The smallest absolute Gasteiger partial charge is 0.241 e. The number of rotatable bonds is 4. The van der Waals surface area contributed by atoms with Crippen LogP contribution >= 0.6 is 11.8 Å². The van der Waals surface area contributed by atoms with Gasteiger partial charge in [-0.2, -0.15) is 16.7 Å². The lowest BCUT2D eigenvalue weighted by molar-refractivity contribution is 0.135. The van der Waals surface area contributed by atoms with E-state index in [2.05, 4.69) is 37.9 Å². The number of nitrogens with zero attached hydrogens (tertiary/aromatic N) is 5. The quantitative estimate of drug-likeness (QED) is 0.831. The van der Waals surface area contributed by atoms with Gasteiger partial charge in [-0.05, 0) is 38.4 Å². The van der Waals surface area contributed by atoms with Crippen molar-refractivity contribution < 1.29 is 4.52 Å². The van der Waals surface area contributed by atoms with Crippen LogP contribution in [0.3, 0.4) is 0 Å². The molecule has 0 N–H and O–H groups in total. The van der Waals surface area contributed by atoms with Crippen LogP contribution in [0, 0.1) is 0 Å². The first kappa shape index (κ1) is 16.8. The fourth-order valence-corrected chi connectivity index (χ4v) is 4.40. The highest BCUT2D eigenvalue weighted by Crippen LogP contribution is 2.22. The Hall–Kier alpha value is -1.60. The third kappa shape index (κ3) is 3.98. The number of piperidine rings is 1. The Bertz CT molecular complexity index is 683. The Morgan fingerprint density at radius 2 is 2.08 bits per heavy atom. The summed E-state index contributed by atoms with van der Waals surface area (Å²) < 4.78 is 5.47. The largest absolute Gasteiger partial charge is 0.355 e. The monoisotopic (exact) mass is 359 g/mol. The molecule has 4 rings (SSSR count). The van der Waals surface area contributed by atoms with Crippen LogP contribution < -0.4 is 4.90 Å². The van der Waals surface area contributed by atoms with Gasteiger partial charge in [0.05, 0.1) is 6.54 Å². The minimum absolute atomic E-state index is 0.591. The maximum Gasteiger partial charge on any atom is 0.241 e. The average Bonchev–Trinajstić information content (AvgIpc) is 3.13. The second kappa shape index (κ2) is 7.74. The van der Waals surface area contributed by atoms with E-state index in [4.69, 9.17) is 4.52 Å². The molecule has 2 aromatic heterocycles. The maximum absolute atomic E-state index is 5.47. The van der Waals surface area contributed by atoms with E-state index in [-0.39, 0.29) is 0 Å². The van der Waals surface area contributed by atoms with Gasteiger partial charge in [-0.15, -0.1) is 0 Å². The van der Waals surface area contributed by atoms with E-state index in [1.54, 1.807) is 0 Å². The molecule has 2 saturated heterocycles. The van der Waals surface area contributed by atoms with Crippen molar-refractivity contribution in [2.75, 3.05) is 36.0 Å². The summed E-state index contributed by atoms with van der Waals surface area (Å²) in [7, 11) is 0. The van der Waals surface area contributed by atoms with Gasteiger partial charge in [0.25, 0.3) is 0 Å². The lowest BCUT2D eigenvalue weighted by Gasteiger charge is -2.31. The van der Waals surface area contributed by atoms with Gasteiger partial charge >= 0.3 is 0 Å². The molecule has 0 bridgehead atoms. The predicted molar refractivity (Wildman–Crippen MR) is 101 cm³/mol. The molecular weight excluding hydrogens is 334 g/mol. The Morgan fingerprint density at radius 1 is 1.20 bits per heavy atom. The highest BCUT2D eigenvalue weighted by Gasteiger charge is 2.21. The fourth-order valence-electron chi connectivity index (χ4n) is 3.50. The van der Waals surface area contributed by atoms with Crippen LogP contribution in [-0.4, -0.2) is 57.2 Å². The predicted octanol–water partition coefficient (Wildman–Crippen LogP) is 3.06. The van der Waals surface area contributed by atoms with Gasteiger partial charge in [0.15, 0.2) is 0 Å². The molecule has 0 aliphatic carbocycles. The van der Waals surface area contributed by atoms with Gasteiger partial charge in [0.2, 0.25) is 11.7 Å². The van der Waals surface area contributed by atoms with Gasteiger partial charge in [-0.25, -0.2) is 4.98 Å². The molecule has 1 atom stereocenters. The summed E-state index contributed by atoms with van der Waals surface area (Å²) in [5.74, 6) is 4.71. The van der Waals surface area contributed by atoms with Gasteiger partial charge in [-0.3, -0.25) is 4.90 Å². The van der Waals surface area contributed by atoms with Crippen molar-refractivity contribution in [1.29, 1.82) is 0 Å². The summed E-state index contributed by atoms with van der Waals surface area (Å²) >= 11 is 2.00. The first-order chi connectivity index (χ1) is 12.3. The number of hydrogen-bond acceptors (Lipinski definition) is 7. The molecule has 0 radical (unpaired) electrons. The van der Waals surface area contributed by atoms with E-state index in [0.29, 0.717) is 17.8 Å². The zero-order valence-electron chi connectivity index (χ0n) is 14.7. The third-order valence-corrected chi connectivity index (χ3v) is 6.03. The number of aromatic nitrogens is 3. The Labute approximate surface area is 153 Å². The van der Waals surface area contributed by atoms with Gasteiger partial charge in [0.1, 0.15) is 5.82 Å². The topological polar surface area (TPSA) is 58.3 Å². The summed E-state index contributed by atoms with van der Waals surface area (Å²) in [6.07, 6.45) is 5.68. The third-order valence-electron chi connectivity index (χ3n) is 5.09. The summed E-state index contributed by atoms with van der Waals surface area (Å²) in [5.41, 5.74) is 0.914. The summed E-state index contributed by atoms with van der Waals surface area (Å²) in [4.78, 5) is 13.9. The molecule has 2 fully saturated rings. The lowest BCUT2D eigenvalue weighted by atomic mass is 10.0. The van der Waals surface area contributed by atoms with Crippen LogP contribution in [0.15, 0.2) is 22.9 Å². The van der Waals surface area contributed by atoms with Crippen molar-refractivity contribution in [3.05, 3.63) is 24.2 Å². The minimum atomic E-state index is 0.591. The van der Waals surface area contributed by atoms with E-state index in [9.17, 15) is 0 Å². The molecule has 0 amide bonds. The average molecular weight is 359 g/mol. The molecule has 2 aliphatic heterocycles. The molecule has 4 heterocycles. The number of hydrogen-bond donors (Lipinski definition) is 0. The molecule has 25 heavy (non-hydrogen) atoms. The number of likely N-dealkylation sites (tertiary alicyclic amines) is 1. The number of anilines is 1. The van der Waals surface area contributed by atoms with Crippen molar-refractivity contribution in [2.45, 2.75) is 38.8 Å². The molecule has 7 heteroatoms. The standard InChI is InChI=1S/C18H25N5OS/c1-14-4-2-3-7-23(14)13-17-20-18(21-24-17)15-5-6-16(19-12-15)22-8-10-25-11-9-22/h5-6,12,14H,2-4,7-11,13H2,1H3/t14-/m1/s1. The van der Waals surface area contributed by atoms with Crippen LogP contribution in [0.1, 0.15) is 32.1 Å². The highest BCUT2D eigenvalue weighted by molar-refractivity contribution is 7.99. The van der Waals surface area contributed by atoms with Gasteiger partial charge in [0, 0.05) is 42.4 Å². The highest BCUT2D eigenvalue weighted by atomic mass is 32.2. The second-order valence-corrected chi connectivity index (χ2v) is 8.06. The molecule has 0 aromatic carbocycles. The number of thioether (sulfide) groups is 1. The normalized spacial score (nSPS) is 22.3. The maximum atomic E-state index is 5.47.